The van der Waals surface area contributed by atoms with Gasteiger partial charge in [0.25, 0.3) is 0 Å². The average Bonchev–Trinajstić information content (AvgIpc) is 3.49. The van der Waals surface area contributed by atoms with Gasteiger partial charge in [0.15, 0.2) is 11.9 Å². The molecule has 0 radical (unpaired) electrons. The molecule has 0 amide bonds. The first kappa shape index (κ1) is 23.6. The maximum atomic E-state index is 13.2. The summed E-state index contributed by atoms with van der Waals surface area (Å²) in [4.78, 5) is 13.2. The first-order chi connectivity index (χ1) is 16.0. The van der Waals surface area contributed by atoms with Gasteiger partial charge in [0.2, 0.25) is 0 Å². The lowest BCUT2D eigenvalue weighted by Gasteiger charge is -2.66. The summed E-state index contributed by atoms with van der Waals surface area (Å²) in [5.74, 6) is 0.0956. The summed E-state index contributed by atoms with van der Waals surface area (Å²) in [5.41, 5.74) is -1.80. The van der Waals surface area contributed by atoms with Crippen LogP contribution in [-0.4, -0.2) is 75.8 Å². The third-order valence-electron chi connectivity index (χ3n) is 10.3. The molecule has 3 aliphatic carbocycles. The maximum Gasteiger partial charge on any atom is 0.342 e. The van der Waals surface area contributed by atoms with E-state index in [1.807, 2.05) is 6.08 Å². The van der Waals surface area contributed by atoms with Gasteiger partial charge in [0.05, 0.1) is 32.0 Å². The fourth-order valence-corrected chi connectivity index (χ4v) is 9.41. The number of methoxy groups -OCH3 is 1. The molecular formula is C26H40O7Si. The Kier molecular flexibility index (Phi) is 5.13. The Labute approximate surface area is 203 Å². The van der Waals surface area contributed by atoms with Crippen LogP contribution in [0.1, 0.15) is 26.7 Å². The Morgan fingerprint density at radius 1 is 1.26 bits per heavy atom. The number of aliphatic hydroxyl groups is 1. The van der Waals surface area contributed by atoms with Crippen LogP contribution in [0, 0.1) is 34.5 Å². The number of esters is 1. The zero-order valence-corrected chi connectivity index (χ0v) is 22.3. The van der Waals surface area contributed by atoms with E-state index in [0.29, 0.717) is 37.3 Å². The highest BCUT2D eigenvalue weighted by molar-refractivity contribution is 6.76. The number of hydrogen-bond acceptors (Lipinski definition) is 7. The first-order valence-corrected chi connectivity index (χ1v) is 16.7. The SMILES string of the molecule is COC(=O)[C@@]12C=C[C@@H]3[C@@]4(C)C[C@@H]5O[C@@H]5[C@@H](C)[C@@H]4C[C@H]4O[C@@H](OCC[Si](C)(C)C)[C@H](O)[C@@H]1[C@@]34CO2. The molecule has 6 aliphatic rings. The van der Waals surface area contributed by atoms with E-state index >= 15 is 0 Å². The molecule has 5 fully saturated rings. The van der Waals surface area contributed by atoms with Crippen molar-refractivity contribution in [1.82, 2.24) is 0 Å². The summed E-state index contributed by atoms with van der Waals surface area (Å²) in [6.07, 6.45) is 4.71. The summed E-state index contributed by atoms with van der Waals surface area (Å²) in [6, 6.07) is 0.985. The number of ether oxygens (including phenoxy) is 5. The van der Waals surface area contributed by atoms with Crippen LogP contribution in [0.3, 0.4) is 0 Å². The molecule has 7 nitrogen and oxygen atoms in total. The Morgan fingerprint density at radius 3 is 2.74 bits per heavy atom. The van der Waals surface area contributed by atoms with Gasteiger partial charge in [-0.1, -0.05) is 39.6 Å². The van der Waals surface area contributed by atoms with Crippen LogP contribution in [-0.2, 0) is 28.5 Å². The van der Waals surface area contributed by atoms with E-state index in [9.17, 15) is 9.90 Å². The van der Waals surface area contributed by atoms with Crippen LogP contribution < -0.4 is 0 Å². The van der Waals surface area contributed by atoms with Crippen LogP contribution in [0.4, 0.5) is 0 Å². The molecular weight excluding hydrogens is 452 g/mol. The molecule has 6 rings (SSSR count). The number of carbonyl (C=O) groups excluding carboxylic acids is 1. The largest absolute Gasteiger partial charge is 0.467 e. The van der Waals surface area contributed by atoms with Gasteiger partial charge >= 0.3 is 5.97 Å². The lowest BCUT2D eigenvalue weighted by molar-refractivity contribution is -0.326. The highest BCUT2D eigenvalue weighted by atomic mass is 28.3. The lowest BCUT2D eigenvalue weighted by Crippen LogP contribution is -2.72. The molecule has 1 N–H and O–H groups in total. The number of aliphatic hydroxyl groups excluding tert-OH is 1. The minimum atomic E-state index is -1.31. The van der Waals surface area contributed by atoms with E-state index in [0.717, 1.165) is 18.9 Å². The number of carbonyl (C=O) groups is 1. The molecule has 190 valence electrons. The molecule has 1 spiro atoms. The van der Waals surface area contributed by atoms with Gasteiger partial charge in [-0.3, -0.25) is 0 Å². The van der Waals surface area contributed by atoms with E-state index in [1.54, 1.807) is 0 Å². The maximum absolute atomic E-state index is 13.2. The minimum Gasteiger partial charge on any atom is -0.467 e. The van der Waals surface area contributed by atoms with Crippen molar-refractivity contribution in [1.29, 1.82) is 0 Å². The van der Waals surface area contributed by atoms with Crippen molar-refractivity contribution in [3.8, 4) is 0 Å². The number of allylic oxidation sites excluding steroid dienone is 1. The topological polar surface area (TPSA) is 86.8 Å². The smallest absolute Gasteiger partial charge is 0.342 e. The lowest BCUT2D eigenvalue weighted by atomic mass is 9.40. The summed E-state index contributed by atoms with van der Waals surface area (Å²) in [7, 11) is 0.0817. The van der Waals surface area contributed by atoms with Crippen molar-refractivity contribution in [2.75, 3.05) is 20.3 Å². The van der Waals surface area contributed by atoms with Gasteiger partial charge in [-0.25, -0.2) is 4.79 Å². The monoisotopic (exact) mass is 492 g/mol. The molecule has 34 heavy (non-hydrogen) atoms. The minimum absolute atomic E-state index is 0.00702. The van der Waals surface area contributed by atoms with Crippen LogP contribution in [0.25, 0.3) is 0 Å². The molecule has 3 heterocycles. The second-order valence-electron chi connectivity index (χ2n) is 13.2. The van der Waals surface area contributed by atoms with E-state index in [2.05, 4.69) is 39.6 Å². The molecule has 0 aromatic rings. The summed E-state index contributed by atoms with van der Waals surface area (Å²) >= 11 is 0. The molecule has 3 aliphatic heterocycles. The first-order valence-electron chi connectivity index (χ1n) is 13.0. The molecule has 3 saturated heterocycles. The van der Waals surface area contributed by atoms with Crippen molar-refractivity contribution < 1.29 is 33.6 Å². The summed E-state index contributed by atoms with van der Waals surface area (Å²) < 4.78 is 30.6. The standard InChI is InChI=1S/C26H40O7Si/c1-14-15-11-18-25-13-31-26(23(28)29-3,8-7-17(25)24(15,2)12-16-20(14)32-16)21(25)19(27)22(33-18)30-9-10-34(4,5)6/h7-8,14-22,27H,9-13H2,1-6H3/t14-,15-,16-,17+,18+,19+,20+,21+,22+,24-,25-,26+/m0/s1. The molecule has 12 atom stereocenters. The Bertz CT molecular complexity index is 902. The Morgan fingerprint density at radius 2 is 2.03 bits per heavy atom. The number of epoxide rings is 1. The average molecular weight is 493 g/mol. The Hall–Kier alpha value is -0.773. The summed E-state index contributed by atoms with van der Waals surface area (Å²) in [6.45, 7) is 12.5. The van der Waals surface area contributed by atoms with Gasteiger partial charge in [0, 0.05) is 26.0 Å². The third-order valence-corrected chi connectivity index (χ3v) is 12.0. The second kappa shape index (κ2) is 7.39. The molecule has 2 saturated carbocycles. The van der Waals surface area contributed by atoms with Gasteiger partial charge in [0.1, 0.15) is 6.10 Å². The van der Waals surface area contributed by atoms with Gasteiger partial charge in [-0.15, -0.1) is 0 Å². The zero-order valence-electron chi connectivity index (χ0n) is 21.3. The normalized spacial score (nSPS) is 54.6. The quantitative estimate of drug-likeness (QED) is 0.273. The Balaban J connectivity index is 1.41. The van der Waals surface area contributed by atoms with E-state index in [-0.39, 0.29) is 17.4 Å². The fourth-order valence-electron chi connectivity index (χ4n) is 8.68. The van der Waals surface area contributed by atoms with Crippen molar-refractivity contribution in [2.45, 2.75) is 88.7 Å². The molecule has 0 aromatic carbocycles. The van der Waals surface area contributed by atoms with Crippen molar-refractivity contribution >= 4 is 14.0 Å². The molecule has 8 heteroatoms. The number of rotatable bonds is 5. The van der Waals surface area contributed by atoms with Gasteiger partial charge in [-0.05, 0) is 48.1 Å². The number of hydrogen-bond donors (Lipinski definition) is 1. The van der Waals surface area contributed by atoms with Crippen LogP contribution in [0.2, 0.25) is 25.7 Å². The second-order valence-corrected chi connectivity index (χ2v) is 18.8. The van der Waals surface area contributed by atoms with E-state index in [1.165, 1.54) is 7.11 Å². The van der Waals surface area contributed by atoms with Crippen molar-refractivity contribution in [2.24, 2.45) is 34.5 Å². The van der Waals surface area contributed by atoms with E-state index in [4.69, 9.17) is 23.7 Å². The predicted molar refractivity (Wildman–Crippen MR) is 127 cm³/mol. The van der Waals surface area contributed by atoms with Crippen LogP contribution in [0.15, 0.2) is 12.2 Å². The molecule has 0 unspecified atom stereocenters. The van der Waals surface area contributed by atoms with Crippen LogP contribution >= 0.6 is 0 Å². The molecule has 2 bridgehead atoms. The third kappa shape index (κ3) is 2.96. The fraction of sp³-hybridized carbons (Fsp3) is 0.885. The van der Waals surface area contributed by atoms with Crippen molar-refractivity contribution in [3.05, 3.63) is 12.2 Å². The summed E-state index contributed by atoms with van der Waals surface area (Å²) in [5, 5.41) is 11.7. The highest BCUT2D eigenvalue weighted by Gasteiger charge is 2.79. The van der Waals surface area contributed by atoms with E-state index < -0.39 is 43.4 Å². The van der Waals surface area contributed by atoms with Gasteiger partial charge < -0.3 is 28.8 Å². The molecule has 0 aromatic heterocycles. The zero-order chi connectivity index (χ0) is 24.3. The van der Waals surface area contributed by atoms with Crippen LogP contribution in [0.5, 0.6) is 0 Å². The van der Waals surface area contributed by atoms with Gasteiger partial charge in [-0.2, -0.15) is 0 Å². The predicted octanol–water partition coefficient (Wildman–Crippen LogP) is 2.99. The number of fused-ring (bicyclic) bond motifs is 3. The highest BCUT2D eigenvalue weighted by Crippen LogP contribution is 2.73. The van der Waals surface area contributed by atoms with Crippen molar-refractivity contribution in [3.63, 3.8) is 0 Å².